The Morgan fingerprint density at radius 3 is 2.65 bits per heavy atom. The van der Waals surface area contributed by atoms with E-state index in [2.05, 4.69) is 22.3 Å². The number of nitrogens with one attached hydrogen (secondary N) is 1. The number of hydrogen-bond donors (Lipinski definition) is 2. The molecule has 13 heteroatoms. The van der Waals surface area contributed by atoms with E-state index in [9.17, 15) is 21.6 Å². The third-order valence-electron chi connectivity index (χ3n) is 4.40. The van der Waals surface area contributed by atoms with E-state index in [1.54, 1.807) is 6.20 Å². The zero-order valence-electron chi connectivity index (χ0n) is 17.0. The molecule has 0 saturated carbocycles. The Morgan fingerprint density at radius 1 is 1.26 bits per heavy atom. The number of carbonyl (C=O) groups excluding carboxylic acids is 1. The molecule has 31 heavy (non-hydrogen) atoms. The largest absolute Gasteiger partial charge is 0.354 e. The smallest absolute Gasteiger partial charge is 0.245 e. The minimum atomic E-state index is -3.85. The number of aromatic nitrogens is 3. The van der Waals surface area contributed by atoms with Crippen LogP contribution >= 0.6 is 11.3 Å². The number of thiazole rings is 1. The van der Waals surface area contributed by atoms with Crippen molar-refractivity contribution in [1.29, 1.82) is 0 Å². The van der Waals surface area contributed by atoms with Crippen LogP contribution in [0.1, 0.15) is 23.6 Å². The highest BCUT2D eigenvalue weighted by Gasteiger charge is 2.34. The van der Waals surface area contributed by atoms with Crippen LogP contribution in [-0.4, -0.2) is 56.1 Å². The van der Waals surface area contributed by atoms with Gasteiger partial charge in [0.05, 0.1) is 22.2 Å². The zero-order chi connectivity index (χ0) is 22.8. The molecule has 0 spiro atoms. The molecule has 3 aromatic rings. The van der Waals surface area contributed by atoms with Crippen molar-refractivity contribution in [2.24, 2.45) is 5.14 Å². The predicted octanol–water partition coefficient (Wildman–Crippen LogP) is 1.06. The van der Waals surface area contributed by atoms with Crippen molar-refractivity contribution in [3.05, 3.63) is 35.6 Å². The predicted molar refractivity (Wildman–Crippen MR) is 120 cm³/mol. The van der Waals surface area contributed by atoms with Gasteiger partial charge in [-0.15, -0.1) is 11.3 Å². The number of carbonyl (C=O) groups is 1. The van der Waals surface area contributed by atoms with Crippen LogP contribution in [0.2, 0.25) is 0 Å². The van der Waals surface area contributed by atoms with Crippen molar-refractivity contribution in [3.63, 3.8) is 0 Å². The molecule has 3 rings (SSSR count). The molecule has 0 radical (unpaired) electrons. The van der Waals surface area contributed by atoms with Gasteiger partial charge in [-0.3, -0.25) is 9.48 Å². The first-order valence-electron chi connectivity index (χ1n) is 9.38. The molecule has 0 aliphatic carbocycles. The highest BCUT2D eigenvalue weighted by atomic mass is 32.2. The number of sulfonamides is 1. The van der Waals surface area contributed by atoms with Gasteiger partial charge < -0.3 is 5.32 Å². The number of primary sulfonamides is 1. The fourth-order valence-electron chi connectivity index (χ4n) is 3.00. The van der Waals surface area contributed by atoms with Gasteiger partial charge in [0, 0.05) is 31.1 Å². The fraction of sp³-hybridized carbons (Fsp3) is 0.389. The van der Waals surface area contributed by atoms with Crippen molar-refractivity contribution in [1.82, 2.24) is 20.1 Å². The molecule has 168 valence electrons. The first-order chi connectivity index (χ1) is 14.5. The molecular weight excluding hydrogens is 462 g/mol. The number of nitrogens with zero attached hydrogens (tertiary/aromatic N) is 3. The van der Waals surface area contributed by atoms with Gasteiger partial charge in [-0.1, -0.05) is 13.0 Å². The molecule has 0 saturated heterocycles. The van der Waals surface area contributed by atoms with Crippen LogP contribution in [0.25, 0.3) is 21.3 Å². The number of hydrogen-bond acceptors (Lipinski definition) is 8. The van der Waals surface area contributed by atoms with Crippen LogP contribution in [0.5, 0.6) is 0 Å². The number of amides is 1. The van der Waals surface area contributed by atoms with E-state index < -0.39 is 36.8 Å². The Morgan fingerprint density at radius 2 is 2.00 bits per heavy atom. The molecule has 0 fully saturated rings. The van der Waals surface area contributed by atoms with E-state index in [1.165, 1.54) is 0 Å². The number of rotatable bonds is 9. The van der Waals surface area contributed by atoms with E-state index in [1.807, 2.05) is 29.1 Å². The van der Waals surface area contributed by atoms with Gasteiger partial charge in [-0.2, -0.15) is 5.10 Å². The van der Waals surface area contributed by atoms with Crippen LogP contribution in [0.3, 0.4) is 0 Å². The molecule has 2 heterocycles. The molecule has 1 amide bonds. The maximum Gasteiger partial charge on any atom is 0.245 e. The number of fused-ring (bicyclic) bond motifs is 1. The van der Waals surface area contributed by atoms with Crippen molar-refractivity contribution >= 4 is 47.3 Å². The Balaban J connectivity index is 1.90. The minimum Gasteiger partial charge on any atom is -0.354 e. The van der Waals surface area contributed by atoms with E-state index in [0.29, 0.717) is 5.52 Å². The van der Waals surface area contributed by atoms with Gasteiger partial charge in [-0.05, 0) is 24.1 Å². The molecule has 3 N–H and O–H groups in total. The summed E-state index contributed by atoms with van der Waals surface area (Å²) in [5.41, 5.74) is 2.34. The maximum atomic E-state index is 12.5. The lowest BCUT2D eigenvalue weighted by Crippen LogP contribution is -2.37. The molecular formula is C18H23N5O5S3. The van der Waals surface area contributed by atoms with Gasteiger partial charge in [0.25, 0.3) is 0 Å². The number of nitrogens with two attached hydrogens (primary N) is 1. The molecule has 0 bridgehead atoms. The summed E-state index contributed by atoms with van der Waals surface area (Å²) in [6, 6.07) is 5.53. The summed E-state index contributed by atoms with van der Waals surface area (Å²) >= 11 is 1.10. The first-order valence-corrected chi connectivity index (χ1v) is 13.9. The van der Waals surface area contributed by atoms with Crippen LogP contribution in [0.15, 0.2) is 30.6 Å². The van der Waals surface area contributed by atoms with Crippen molar-refractivity contribution < 1.29 is 21.6 Å². The van der Waals surface area contributed by atoms with Crippen LogP contribution in [0.4, 0.5) is 0 Å². The third kappa shape index (κ3) is 5.87. The maximum absolute atomic E-state index is 12.5. The fourth-order valence-corrected chi connectivity index (χ4v) is 5.87. The van der Waals surface area contributed by atoms with Crippen molar-refractivity contribution in [2.45, 2.75) is 25.1 Å². The zero-order valence-corrected chi connectivity index (χ0v) is 19.4. The van der Waals surface area contributed by atoms with Gasteiger partial charge in [0.15, 0.2) is 15.1 Å². The topological polar surface area (TPSA) is 154 Å². The SMILES string of the molecule is CCCn1cc(-c2ccc3sc(C(C(=O)NCCS(N)(=O)=O)S(C)(=O)=O)nc3c2)cn1. The standard InChI is InChI=1S/C18H23N5O5S3/c1-3-7-23-11-13(10-21-23)12-4-5-15-14(9-12)22-18(29-15)16(30(2,25)26)17(24)20-6-8-31(19,27)28/h4-5,9-11,16H,3,6-8H2,1-2H3,(H,20,24)(H2,19,27,28). The average Bonchev–Trinajstić information content (AvgIpc) is 3.25. The van der Waals surface area contributed by atoms with E-state index >= 15 is 0 Å². The lowest BCUT2D eigenvalue weighted by Gasteiger charge is -2.12. The summed E-state index contributed by atoms with van der Waals surface area (Å²) in [5.74, 6) is -1.34. The second-order valence-corrected chi connectivity index (χ2v) is 12.0. The average molecular weight is 486 g/mol. The number of benzene rings is 1. The molecule has 1 unspecified atom stereocenters. The van der Waals surface area contributed by atoms with Gasteiger partial charge in [0.2, 0.25) is 15.9 Å². The Labute approximate surface area is 184 Å². The Kier molecular flexibility index (Phi) is 6.79. The van der Waals surface area contributed by atoms with Crippen molar-refractivity contribution in [3.8, 4) is 11.1 Å². The van der Waals surface area contributed by atoms with Crippen LogP contribution in [-0.2, 0) is 31.2 Å². The second-order valence-electron chi connectivity index (χ2n) is 7.09. The Hall–Kier alpha value is -2.35. The monoisotopic (exact) mass is 485 g/mol. The first kappa shape index (κ1) is 23.3. The summed E-state index contributed by atoms with van der Waals surface area (Å²) in [4.78, 5) is 16.9. The molecule has 1 atom stereocenters. The summed E-state index contributed by atoms with van der Waals surface area (Å²) < 4.78 is 49.3. The minimum absolute atomic E-state index is 0.115. The lowest BCUT2D eigenvalue weighted by molar-refractivity contribution is -0.120. The van der Waals surface area contributed by atoms with Gasteiger partial charge >= 0.3 is 0 Å². The van der Waals surface area contributed by atoms with E-state index in [4.69, 9.17) is 5.14 Å². The van der Waals surface area contributed by atoms with E-state index in [-0.39, 0.29) is 11.6 Å². The number of aryl methyl sites for hydroxylation is 1. The molecule has 0 aliphatic rings. The molecule has 2 aromatic heterocycles. The third-order valence-corrected chi connectivity index (χ3v) is 7.72. The highest BCUT2D eigenvalue weighted by Crippen LogP contribution is 2.33. The lowest BCUT2D eigenvalue weighted by atomic mass is 10.1. The summed E-state index contributed by atoms with van der Waals surface area (Å²) in [6.07, 6.45) is 5.58. The molecule has 10 nitrogen and oxygen atoms in total. The molecule has 0 aliphatic heterocycles. The molecule has 1 aromatic carbocycles. The summed E-state index contributed by atoms with van der Waals surface area (Å²) in [7, 11) is -7.64. The second kappa shape index (κ2) is 9.02. The van der Waals surface area contributed by atoms with Crippen LogP contribution in [0, 0.1) is 0 Å². The van der Waals surface area contributed by atoms with Gasteiger partial charge in [0.1, 0.15) is 5.01 Å². The van der Waals surface area contributed by atoms with Crippen molar-refractivity contribution in [2.75, 3.05) is 18.6 Å². The summed E-state index contributed by atoms with van der Waals surface area (Å²) in [5, 5.41) is 10.1. The quantitative estimate of drug-likeness (QED) is 0.459. The summed E-state index contributed by atoms with van der Waals surface area (Å²) in [6.45, 7) is 2.58. The number of sulfone groups is 1. The highest BCUT2D eigenvalue weighted by molar-refractivity contribution is 7.91. The normalized spacial score (nSPS) is 13.4. The van der Waals surface area contributed by atoms with Gasteiger partial charge in [-0.25, -0.2) is 27.0 Å². The Bertz CT molecular complexity index is 1310. The van der Waals surface area contributed by atoms with E-state index in [0.717, 1.165) is 46.4 Å². The van der Waals surface area contributed by atoms with Crippen LogP contribution < -0.4 is 10.5 Å².